The number of nitrogens with zero attached hydrogens (tertiary/aromatic N) is 2. The van der Waals surface area contributed by atoms with E-state index in [1.807, 2.05) is 10.8 Å². The van der Waals surface area contributed by atoms with Crippen LogP contribution < -0.4 is 10.6 Å². The molecule has 21 heavy (non-hydrogen) atoms. The van der Waals surface area contributed by atoms with Gasteiger partial charge in [-0.25, -0.2) is 4.98 Å². The first-order valence-corrected chi connectivity index (χ1v) is 6.83. The maximum Gasteiger partial charge on any atom is 0.313 e. The summed E-state index contributed by atoms with van der Waals surface area (Å²) in [6, 6.07) is 6.62. The Kier molecular flexibility index (Phi) is 5.34. The number of benzene rings is 1. The monoisotopic (exact) mass is 306 g/mol. The Bertz CT molecular complexity index is 613. The zero-order chi connectivity index (χ0) is 15.1. The molecule has 0 atom stereocenters. The lowest BCUT2D eigenvalue weighted by atomic mass is 10.3. The van der Waals surface area contributed by atoms with Gasteiger partial charge in [0.15, 0.2) is 0 Å². The van der Waals surface area contributed by atoms with Crippen molar-refractivity contribution in [3.8, 4) is 0 Å². The van der Waals surface area contributed by atoms with E-state index in [4.69, 9.17) is 11.6 Å². The zero-order valence-corrected chi connectivity index (χ0v) is 12.0. The molecule has 0 aliphatic carbocycles. The molecule has 0 saturated carbocycles. The van der Waals surface area contributed by atoms with Crippen molar-refractivity contribution in [2.24, 2.45) is 0 Å². The molecule has 110 valence electrons. The molecular weight excluding hydrogens is 292 g/mol. The van der Waals surface area contributed by atoms with Gasteiger partial charge in [0.2, 0.25) is 0 Å². The molecular formula is C14H15ClN4O2. The van der Waals surface area contributed by atoms with Crippen molar-refractivity contribution >= 4 is 29.1 Å². The van der Waals surface area contributed by atoms with Crippen LogP contribution in [0.4, 0.5) is 5.69 Å². The third-order valence-corrected chi connectivity index (χ3v) is 2.96. The van der Waals surface area contributed by atoms with Gasteiger partial charge in [-0.3, -0.25) is 9.59 Å². The Hall–Kier alpha value is -2.34. The molecule has 2 rings (SSSR count). The summed E-state index contributed by atoms with van der Waals surface area (Å²) in [5.41, 5.74) is 0.487. The summed E-state index contributed by atoms with van der Waals surface area (Å²) in [6.45, 7) is 1.15. The first kappa shape index (κ1) is 15.1. The number of rotatable bonds is 5. The minimum atomic E-state index is -0.708. The van der Waals surface area contributed by atoms with Crippen molar-refractivity contribution in [1.82, 2.24) is 14.9 Å². The van der Waals surface area contributed by atoms with Crippen molar-refractivity contribution in [3.05, 3.63) is 48.0 Å². The molecule has 6 nitrogen and oxygen atoms in total. The van der Waals surface area contributed by atoms with E-state index in [0.29, 0.717) is 23.7 Å². The Morgan fingerprint density at radius 2 is 2.14 bits per heavy atom. The molecule has 1 heterocycles. The molecule has 7 heteroatoms. The zero-order valence-electron chi connectivity index (χ0n) is 11.3. The van der Waals surface area contributed by atoms with E-state index < -0.39 is 11.8 Å². The van der Waals surface area contributed by atoms with E-state index in [9.17, 15) is 9.59 Å². The number of hydrogen-bond acceptors (Lipinski definition) is 3. The fraction of sp³-hybridized carbons (Fsp3) is 0.214. The molecule has 0 saturated heterocycles. The van der Waals surface area contributed by atoms with E-state index in [1.165, 1.54) is 0 Å². The van der Waals surface area contributed by atoms with Crippen LogP contribution in [0.3, 0.4) is 0 Å². The fourth-order valence-electron chi connectivity index (χ4n) is 1.72. The van der Waals surface area contributed by atoms with E-state index >= 15 is 0 Å². The number of halogens is 1. The van der Waals surface area contributed by atoms with Crippen LogP contribution in [0.25, 0.3) is 0 Å². The average Bonchev–Trinajstić information content (AvgIpc) is 2.96. The lowest BCUT2D eigenvalue weighted by Gasteiger charge is -2.07. The van der Waals surface area contributed by atoms with Crippen molar-refractivity contribution in [3.63, 3.8) is 0 Å². The number of aryl methyl sites for hydroxylation is 1. The second-order valence-electron chi connectivity index (χ2n) is 4.37. The van der Waals surface area contributed by atoms with Crippen LogP contribution in [-0.2, 0) is 16.1 Å². The summed E-state index contributed by atoms with van der Waals surface area (Å²) in [5, 5.41) is 5.54. The Morgan fingerprint density at radius 3 is 2.86 bits per heavy atom. The van der Waals surface area contributed by atoms with Gasteiger partial charge in [-0.1, -0.05) is 17.7 Å². The third-order valence-electron chi connectivity index (χ3n) is 2.73. The molecule has 0 fully saturated rings. The number of carbonyl (C=O) groups is 2. The SMILES string of the molecule is O=C(NCCCn1ccnc1)C(=O)Nc1cccc(Cl)c1. The third kappa shape index (κ3) is 4.92. The van der Waals surface area contributed by atoms with Gasteiger partial charge in [0.1, 0.15) is 0 Å². The molecule has 0 bridgehead atoms. The highest BCUT2D eigenvalue weighted by atomic mass is 35.5. The van der Waals surface area contributed by atoms with Gasteiger partial charge < -0.3 is 15.2 Å². The highest BCUT2D eigenvalue weighted by Crippen LogP contribution is 2.14. The number of carbonyl (C=O) groups excluding carboxylic acids is 2. The highest BCUT2D eigenvalue weighted by molar-refractivity contribution is 6.39. The van der Waals surface area contributed by atoms with Gasteiger partial charge in [0, 0.05) is 36.2 Å². The summed E-state index contributed by atoms with van der Waals surface area (Å²) in [5.74, 6) is -1.37. The Morgan fingerprint density at radius 1 is 1.29 bits per heavy atom. The quantitative estimate of drug-likeness (QED) is 0.652. The molecule has 0 unspecified atom stereocenters. The molecule has 0 radical (unpaired) electrons. The first-order chi connectivity index (χ1) is 10.1. The number of nitrogens with one attached hydrogen (secondary N) is 2. The van der Waals surface area contributed by atoms with Crippen molar-refractivity contribution in [1.29, 1.82) is 0 Å². The van der Waals surface area contributed by atoms with Crippen LogP contribution in [0, 0.1) is 0 Å². The lowest BCUT2D eigenvalue weighted by molar-refractivity contribution is -0.136. The molecule has 2 N–H and O–H groups in total. The van der Waals surface area contributed by atoms with Gasteiger partial charge in [-0.15, -0.1) is 0 Å². The summed E-state index contributed by atoms with van der Waals surface area (Å²) < 4.78 is 1.90. The number of imidazole rings is 1. The number of aromatic nitrogens is 2. The molecule has 1 aromatic carbocycles. The molecule has 0 aliphatic rings. The smallest absolute Gasteiger partial charge is 0.313 e. The van der Waals surface area contributed by atoms with Crippen molar-refractivity contribution in [2.45, 2.75) is 13.0 Å². The summed E-state index contributed by atoms with van der Waals surface area (Å²) in [7, 11) is 0. The van der Waals surface area contributed by atoms with E-state index in [2.05, 4.69) is 15.6 Å². The second kappa shape index (κ2) is 7.44. The van der Waals surface area contributed by atoms with Crippen molar-refractivity contribution < 1.29 is 9.59 Å². The number of amides is 2. The minimum Gasteiger partial charge on any atom is -0.348 e. The molecule has 0 aliphatic heterocycles. The van der Waals surface area contributed by atoms with Gasteiger partial charge in [0.05, 0.1) is 6.33 Å². The predicted molar refractivity (Wildman–Crippen MR) is 79.9 cm³/mol. The lowest BCUT2D eigenvalue weighted by Crippen LogP contribution is -2.36. The Labute approximate surface area is 127 Å². The van der Waals surface area contributed by atoms with E-state index in [0.717, 1.165) is 6.54 Å². The molecule has 0 spiro atoms. The first-order valence-electron chi connectivity index (χ1n) is 6.45. The van der Waals surface area contributed by atoms with Gasteiger partial charge in [0.25, 0.3) is 0 Å². The van der Waals surface area contributed by atoms with Crippen molar-refractivity contribution in [2.75, 3.05) is 11.9 Å². The fourth-order valence-corrected chi connectivity index (χ4v) is 1.91. The van der Waals surface area contributed by atoms with Crippen LogP contribution in [-0.4, -0.2) is 27.9 Å². The van der Waals surface area contributed by atoms with Crippen LogP contribution in [0.1, 0.15) is 6.42 Å². The predicted octanol–water partition coefficient (Wildman–Crippen LogP) is 1.68. The van der Waals surface area contributed by atoms with Crippen LogP contribution in [0.15, 0.2) is 43.0 Å². The second-order valence-corrected chi connectivity index (χ2v) is 4.81. The normalized spacial score (nSPS) is 10.1. The minimum absolute atomic E-state index is 0.417. The number of anilines is 1. The maximum atomic E-state index is 11.7. The average molecular weight is 307 g/mol. The van der Waals surface area contributed by atoms with E-state index in [-0.39, 0.29) is 0 Å². The van der Waals surface area contributed by atoms with E-state index in [1.54, 1.807) is 36.8 Å². The molecule has 2 amide bonds. The highest BCUT2D eigenvalue weighted by Gasteiger charge is 2.12. The van der Waals surface area contributed by atoms with Crippen LogP contribution in [0.5, 0.6) is 0 Å². The molecule has 1 aromatic heterocycles. The largest absolute Gasteiger partial charge is 0.348 e. The topological polar surface area (TPSA) is 76.0 Å². The van der Waals surface area contributed by atoms with Crippen LogP contribution >= 0.6 is 11.6 Å². The standard InChI is InChI=1S/C14H15ClN4O2/c15-11-3-1-4-12(9-11)18-14(21)13(20)17-5-2-7-19-8-6-16-10-19/h1,3-4,6,8-10H,2,5,7H2,(H,17,20)(H,18,21). The van der Waals surface area contributed by atoms with Gasteiger partial charge >= 0.3 is 11.8 Å². The van der Waals surface area contributed by atoms with Crippen LogP contribution in [0.2, 0.25) is 5.02 Å². The Balaban J connectivity index is 1.71. The maximum absolute atomic E-state index is 11.7. The van der Waals surface area contributed by atoms with Gasteiger partial charge in [-0.2, -0.15) is 0 Å². The summed E-state index contributed by atoms with van der Waals surface area (Å²) >= 11 is 5.80. The number of hydrogen-bond donors (Lipinski definition) is 2. The molecule has 2 aromatic rings. The summed E-state index contributed by atoms with van der Waals surface area (Å²) in [4.78, 5) is 27.2. The summed E-state index contributed by atoms with van der Waals surface area (Å²) in [6.07, 6.45) is 5.95. The van der Waals surface area contributed by atoms with Gasteiger partial charge in [-0.05, 0) is 24.6 Å².